The molecule has 0 radical (unpaired) electrons. The summed E-state index contributed by atoms with van der Waals surface area (Å²) >= 11 is 0. The Morgan fingerprint density at radius 2 is 1.92 bits per heavy atom. The SMILES string of the molecule is COc1ccc(C(=O)Nc2cc3c(cc2[N+](=O)[O-])OCCO3)c(N)c1. The summed E-state index contributed by atoms with van der Waals surface area (Å²) < 4.78 is 15.8. The molecule has 1 heterocycles. The first-order chi connectivity index (χ1) is 12.0. The van der Waals surface area contributed by atoms with Crippen molar-refractivity contribution in [3.8, 4) is 17.2 Å². The lowest BCUT2D eigenvalue weighted by Gasteiger charge is -2.19. The fourth-order valence-corrected chi connectivity index (χ4v) is 2.39. The molecule has 9 nitrogen and oxygen atoms in total. The molecule has 0 unspecified atom stereocenters. The average Bonchev–Trinajstić information content (AvgIpc) is 2.60. The van der Waals surface area contributed by atoms with Gasteiger partial charge in [-0.2, -0.15) is 0 Å². The number of methoxy groups -OCH3 is 1. The third-order valence-corrected chi connectivity index (χ3v) is 3.61. The summed E-state index contributed by atoms with van der Waals surface area (Å²) in [6.45, 7) is 0.627. The zero-order valence-corrected chi connectivity index (χ0v) is 13.3. The largest absolute Gasteiger partial charge is 0.497 e. The number of nitrogens with two attached hydrogens (primary N) is 1. The topological polar surface area (TPSA) is 126 Å². The van der Waals surface area contributed by atoms with E-state index in [0.717, 1.165) is 0 Å². The molecule has 1 amide bonds. The number of amides is 1. The number of nitrogens with one attached hydrogen (secondary N) is 1. The number of fused-ring (bicyclic) bond motifs is 1. The molecule has 1 aliphatic rings. The molecule has 3 N–H and O–H groups in total. The smallest absolute Gasteiger partial charge is 0.296 e. The lowest BCUT2D eigenvalue weighted by Crippen LogP contribution is -2.18. The Labute approximate surface area is 142 Å². The van der Waals surface area contributed by atoms with Gasteiger partial charge in [0.25, 0.3) is 11.6 Å². The number of benzene rings is 2. The van der Waals surface area contributed by atoms with Crippen LogP contribution >= 0.6 is 0 Å². The van der Waals surface area contributed by atoms with E-state index < -0.39 is 10.8 Å². The Hall–Kier alpha value is -3.49. The number of carbonyl (C=O) groups is 1. The van der Waals surface area contributed by atoms with Crippen LogP contribution in [0.2, 0.25) is 0 Å². The van der Waals surface area contributed by atoms with Crippen molar-refractivity contribution in [2.45, 2.75) is 0 Å². The fraction of sp³-hybridized carbons (Fsp3) is 0.188. The van der Waals surface area contributed by atoms with Crippen molar-refractivity contribution >= 4 is 23.0 Å². The Bertz CT molecular complexity index is 852. The molecule has 25 heavy (non-hydrogen) atoms. The van der Waals surface area contributed by atoms with E-state index >= 15 is 0 Å². The third-order valence-electron chi connectivity index (χ3n) is 3.61. The minimum absolute atomic E-state index is 0.00512. The van der Waals surface area contributed by atoms with Gasteiger partial charge in [0.15, 0.2) is 11.5 Å². The summed E-state index contributed by atoms with van der Waals surface area (Å²) in [5.41, 5.74) is 5.90. The van der Waals surface area contributed by atoms with Crippen LogP contribution in [0.3, 0.4) is 0 Å². The zero-order chi connectivity index (χ0) is 18.0. The number of nitro benzene ring substituents is 1. The molecule has 9 heteroatoms. The highest BCUT2D eigenvalue weighted by atomic mass is 16.6. The lowest BCUT2D eigenvalue weighted by molar-refractivity contribution is -0.384. The maximum atomic E-state index is 12.5. The van der Waals surface area contributed by atoms with Crippen molar-refractivity contribution in [1.29, 1.82) is 0 Å². The summed E-state index contributed by atoms with van der Waals surface area (Å²) in [6, 6.07) is 7.13. The second-order valence-electron chi connectivity index (χ2n) is 5.18. The first-order valence-electron chi connectivity index (χ1n) is 7.32. The highest BCUT2D eigenvalue weighted by Crippen LogP contribution is 2.39. The second kappa shape index (κ2) is 6.56. The molecular weight excluding hydrogens is 330 g/mol. The monoisotopic (exact) mass is 345 g/mol. The van der Waals surface area contributed by atoms with Crippen LogP contribution in [0, 0.1) is 10.1 Å². The van der Waals surface area contributed by atoms with E-state index in [9.17, 15) is 14.9 Å². The summed E-state index contributed by atoms with van der Waals surface area (Å²) in [5.74, 6) is 0.508. The summed E-state index contributed by atoms with van der Waals surface area (Å²) in [4.78, 5) is 23.1. The van der Waals surface area contributed by atoms with Crippen LogP contribution in [-0.4, -0.2) is 31.2 Å². The summed E-state index contributed by atoms with van der Waals surface area (Å²) in [7, 11) is 1.48. The van der Waals surface area contributed by atoms with E-state index in [1.165, 1.54) is 31.4 Å². The predicted molar refractivity (Wildman–Crippen MR) is 89.4 cm³/mol. The molecule has 0 saturated carbocycles. The van der Waals surface area contributed by atoms with Crippen molar-refractivity contribution in [2.75, 3.05) is 31.4 Å². The van der Waals surface area contributed by atoms with E-state index in [4.69, 9.17) is 19.9 Å². The third kappa shape index (κ3) is 3.25. The molecule has 0 fully saturated rings. The maximum Gasteiger partial charge on any atom is 0.296 e. The molecule has 3 rings (SSSR count). The Morgan fingerprint density at radius 1 is 1.24 bits per heavy atom. The number of nitrogens with zero attached hydrogens (tertiary/aromatic N) is 1. The number of carbonyl (C=O) groups excluding carboxylic acids is 1. The second-order valence-corrected chi connectivity index (χ2v) is 5.18. The Kier molecular flexibility index (Phi) is 4.29. The van der Waals surface area contributed by atoms with Crippen molar-refractivity contribution in [2.24, 2.45) is 0 Å². The number of nitrogen functional groups attached to an aromatic ring is 1. The van der Waals surface area contributed by atoms with Gasteiger partial charge in [-0.05, 0) is 12.1 Å². The van der Waals surface area contributed by atoms with Gasteiger partial charge >= 0.3 is 0 Å². The van der Waals surface area contributed by atoms with Gasteiger partial charge in [-0.1, -0.05) is 0 Å². The van der Waals surface area contributed by atoms with Crippen molar-refractivity contribution < 1.29 is 23.9 Å². The number of anilines is 2. The van der Waals surface area contributed by atoms with E-state index in [2.05, 4.69) is 5.32 Å². The lowest BCUT2D eigenvalue weighted by atomic mass is 10.1. The van der Waals surface area contributed by atoms with Gasteiger partial charge in [0.2, 0.25) is 0 Å². The van der Waals surface area contributed by atoms with Crippen LogP contribution in [0.15, 0.2) is 30.3 Å². The number of hydrogen-bond donors (Lipinski definition) is 2. The van der Waals surface area contributed by atoms with Crippen LogP contribution in [-0.2, 0) is 0 Å². The van der Waals surface area contributed by atoms with Gasteiger partial charge in [-0.3, -0.25) is 14.9 Å². The van der Waals surface area contributed by atoms with Gasteiger partial charge in [0, 0.05) is 17.8 Å². The molecule has 0 saturated heterocycles. The minimum Gasteiger partial charge on any atom is -0.497 e. The van der Waals surface area contributed by atoms with E-state index in [-0.39, 0.29) is 28.4 Å². The van der Waals surface area contributed by atoms with Crippen LogP contribution in [0.4, 0.5) is 17.1 Å². The molecule has 0 atom stereocenters. The van der Waals surface area contributed by atoms with E-state index in [1.54, 1.807) is 6.07 Å². The average molecular weight is 345 g/mol. The van der Waals surface area contributed by atoms with Crippen LogP contribution in [0.25, 0.3) is 0 Å². The van der Waals surface area contributed by atoms with Gasteiger partial charge in [-0.25, -0.2) is 0 Å². The van der Waals surface area contributed by atoms with Crippen molar-refractivity contribution in [3.63, 3.8) is 0 Å². The van der Waals surface area contributed by atoms with Gasteiger partial charge in [-0.15, -0.1) is 0 Å². The number of hydrogen-bond acceptors (Lipinski definition) is 7. The zero-order valence-electron chi connectivity index (χ0n) is 13.3. The first kappa shape index (κ1) is 16.4. The molecule has 0 bridgehead atoms. The predicted octanol–water partition coefficient (Wildman–Crippen LogP) is 2.21. The van der Waals surface area contributed by atoms with Crippen LogP contribution in [0.1, 0.15) is 10.4 Å². The Morgan fingerprint density at radius 3 is 2.52 bits per heavy atom. The number of nitro groups is 1. The van der Waals surface area contributed by atoms with E-state index in [0.29, 0.717) is 24.7 Å². The number of rotatable bonds is 4. The molecule has 0 aromatic heterocycles. The highest BCUT2D eigenvalue weighted by Gasteiger charge is 2.24. The standard InChI is InChI=1S/C16H15N3O6/c1-23-9-2-3-10(11(17)6-9)16(20)18-12-7-14-15(25-5-4-24-14)8-13(12)19(21)22/h2-3,6-8H,4-5,17H2,1H3,(H,18,20). The molecule has 2 aromatic rings. The van der Waals surface area contributed by atoms with Gasteiger partial charge < -0.3 is 25.3 Å². The van der Waals surface area contributed by atoms with Crippen molar-refractivity contribution in [1.82, 2.24) is 0 Å². The summed E-state index contributed by atoms with van der Waals surface area (Å²) in [6.07, 6.45) is 0. The number of ether oxygens (including phenoxy) is 3. The molecule has 2 aromatic carbocycles. The van der Waals surface area contributed by atoms with Gasteiger partial charge in [0.1, 0.15) is 24.7 Å². The van der Waals surface area contributed by atoms with Crippen LogP contribution < -0.4 is 25.3 Å². The maximum absolute atomic E-state index is 12.5. The first-order valence-corrected chi connectivity index (χ1v) is 7.32. The van der Waals surface area contributed by atoms with E-state index in [1.807, 2.05) is 0 Å². The molecule has 130 valence electrons. The quantitative estimate of drug-likeness (QED) is 0.494. The Balaban J connectivity index is 1.94. The fourth-order valence-electron chi connectivity index (χ4n) is 2.39. The van der Waals surface area contributed by atoms with Crippen LogP contribution in [0.5, 0.6) is 17.2 Å². The minimum atomic E-state index is -0.606. The van der Waals surface area contributed by atoms with Crippen molar-refractivity contribution in [3.05, 3.63) is 46.0 Å². The van der Waals surface area contributed by atoms with Gasteiger partial charge in [0.05, 0.1) is 23.7 Å². The normalized spacial score (nSPS) is 12.4. The highest BCUT2D eigenvalue weighted by molar-refractivity contribution is 6.09. The molecular formula is C16H15N3O6. The summed E-state index contributed by atoms with van der Waals surface area (Å²) in [5, 5.41) is 13.8. The molecule has 0 spiro atoms. The molecule has 0 aliphatic carbocycles. The molecule has 1 aliphatic heterocycles.